The van der Waals surface area contributed by atoms with Crippen molar-refractivity contribution in [2.45, 2.75) is 83.5 Å². The number of nitrogens with two attached hydrogens (primary N) is 1. The quantitative estimate of drug-likeness (QED) is 0.803. The first kappa shape index (κ1) is 20.6. The van der Waals surface area contributed by atoms with Crippen LogP contribution in [0.2, 0.25) is 10.6 Å². The number of nitrogens with zero attached hydrogens (tertiary/aromatic N) is 4. The van der Waals surface area contributed by atoms with Crippen LogP contribution in [0.25, 0.3) is 0 Å². The molecule has 0 atom stereocenters. The van der Waals surface area contributed by atoms with Crippen LogP contribution in [0.15, 0.2) is 0 Å². The number of aromatic nitrogens is 3. The molecule has 142 valence electrons. The molecule has 0 spiro atoms. The highest BCUT2D eigenvalue weighted by atomic mass is 35.5. The molecule has 0 saturated carbocycles. The second kappa shape index (κ2) is 7.14. The van der Waals surface area contributed by atoms with Gasteiger partial charge in [-0.1, -0.05) is 0 Å². The molecule has 0 unspecified atom stereocenters. The van der Waals surface area contributed by atoms with Crippen LogP contribution in [-0.4, -0.2) is 44.2 Å². The molecule has 1 saturated heterocycles. The Morgan fingerprint density at radius 1 is 1.08 bits per heavy atom. The number of nitrogens with one attached hydrogen (secondary N) is 1. The van der Waals surface area contributed by atoms with Crippen LogP contribution < -0.4 is 16.0 Å². The van der Waals surface area contributed by atoms with E-state index in [2.05, 4.69) is 66.7 Å². The Morgan fingerprint density at radius 2 is 1.56 bits per heavy atom. The summed E-state index contributed by atoms with van der Waals surface area (Å²) >= 11 is 12.1. The van der Waals surface area contributed by atoms with Gasteiger partial charge in [-0.3, -0.25) is 0 Å². The first-order valence-corrected chi connectivity index (χ1v) is 9.47. The summed E-state index contributed by atoms with van der Waals surface area (Å²) in [5.41, 5.74) is 5.62. The van der Waals surface area contributed by atoms with Crippen LogP contribution >= 0.6 is 23.2 Å². The molecular formula is C17H30Cl2N6. The Balaban J connectivity index is 2.51. The van der Waals surface area contributed by atoms with E-state index in [-0.39, 0.29) is 33.2 Å². The van der Waals surface area contributed by atoms with Crippen molar-refractivity contribution in [1.29, 1.82) is 0 Å². The molecule has 0 aromatic carbocycles. The van der Waals surface area contributed by atoms with E-state index in [1.807, 2.05) is 0 Å². The summed E-state index contributed by atoms with van der Waals surface area (Å²) in [5, 5.41) is 3.93. The molecule has 1 aromatic heterocycles. The van der Waals surface area contributed by atoms with Crippen LogP contribution in [0.1, 0.15) is 60.8 Å². The zero-order valence-corrected chi connectivity index (χ0v) is 17.5. The second-order valence-corrected chi connectivity index (χ2v) is 9.53. The molecule has 0 radical (unpaired) electrons. The van der Waals surface area contributed by atoms with Crippen LogP contribution in [0.5, 0.6) is 0 Å². The zero-order valence-electron chi connectivity index (χ0n) is 16.0. The van der Waals surface area contributed by atoms with Gasteiger partial charge >= 0.3 is 0 Å². The van der Waals surface area contributed by atoms with Gasteiger partial charge in [-0.2, -0.15) is 15.0 Å². The Bertz CT molecular complexity index is 581. The number of hydrogen-bond donors (Lipinski definition) is 2. The molecule has 25 heavy (non-hydrogen) atoms. The van der Waals surface area contributed by atoms with Crippen LogP contribution in [0.4, 0.5) is 5.95 Å². The lowest BCUT2D eigenvalue weighted by atomic mass is 9.77. The van der Waals surface area contributed by atoms with Gasteiger partial charge < -0.3 is 16.0 Å². The minimum Gasteiger partial charge on any atom is -0.332 e. The lowest BCUT2D eigenvalue weighted by Gasteiger charge is -2.53. The molecule has 6 nitrogen and oxygen atoms in total. The number of piperidine rings is 1. The maximum absolute atomic E-state index is 6.06. The SMILES string of the molecule is CC1(C)CC(N(c2nc(Cl)nc(Cl)n2)C(C)(C)CCN)CC(C)(C)N1. The van der Waals surface area contributed by atoms with E-state index in [0.29, 0.717) is 12.5 Å². The molecular weight excluding hydrogens is 359 g/mol. The average molecular weight is 389 g/mol. The molecule has 0 amide bonds. The van der Waals surface area contributed by atoms with E-state index in [1.165, 1.54) is 0 Å². The number of rotatable bonds is 5. The molecule has 8 heteroatoms. The summed E-state index contributed by atoms with van der Waals surface area (Å²) in [4.78, 5) is 14.9. The summed E-state index contributed by atoms with van der Waals surface area (Å²) in [6.07, 6.45) is 2.70. The van der Waals surface area contributed by atoms with Crippen molar-refractivity contribution in [1.82, 2.24) is 20.3 Å². The van der Waals surface area contributed by atoms with Gasteiger partial charge in [-0.25, -0.2) is 0 Å². The van der Waals surface area contributed by atoms with E-state index in [1.54, 1.807) is 0 Å². The fraction of sp³-hybridized carbons (Fsp3) is 0.824. The van der Waals surface area contributed by atoms with Crippen molar-refractivity contribution in [3.8, 4) is 0 Å². The molecule has 1 aromatic rings. The molecule has 2 rings (SSSR count). The van der Waals surface area contributed by atoms with Gasteiger partial charge in [0.2, 0.25) is 16.5 Å². The summed E-state index contributed by atoms with van der Waals surface area (Å²) in [6.45, 7) is 13.8. The lowest BCUT2D eigenvalue weighted by molar-refractivity contribution is 0.146. The Morgan fingerprint density at radius 3 is 2.00 bits per heavy atom. The van der Waals surface area contributed by atoms with E-state index < -0.39 is 0 Å². The van der Waals surface area contributed by atoms with E-state index in [9.17, 15) is 0 Å². The molecule has 1 fully saturated rings. The number of anilines is 1. The predicted molar refractivity (Wildman–Crippen MR) is 104 cm³/mol. The highest BCUT2D eigenvalue weighted by Gasteiger charge is 2.44. The molecule has 3 N–H and O–H groups in total. The predicted octanol–water partition coefficient (Wildman–Crippen LogP) is 3.42. The van der Waals surface area contributed by atoms with Crippen molar-refractivity contribution in [3.63, 3.8) is 0 Å². The minimum atomic E-state index is -0.239. The topological polar surface area (TPSA) is 80.0 Å². The van der Waals surface area contributed by atoms with Gasteiger partial charge in [0.25, 0.3) is 0 Å². The third kappa shape index (κ3) is 5.16. The third-order valence-corrected chi connectivity index (χ3v) is 5.06. The molecule has 0 bridgehead atoms. The smallest absolute Gasteiger partial charge is 0.231 e. The van der Waals surface area contributed by atoms with Gasteiger partial charge in [-0.05, 0) is 90.6 Å². The van der Waals surface area contributed by atoms with Gasteiger partial charge in [0.15, 0.2) is 0 Å². The van der Waals surface area contributed by atoms with Crippen molar-refractivity contribution < 1.29 is 0 Å². The van der Waals surface area contributed by atoms with Crippen molar-refractivity contribution in [2.24, 2.45) is 5.73 Å². The molecule has 1 aliphatic rings. The van der Waals surface area contributed by atoms with Crippen molar-refractivity contribution >= 4 is 29.2 Å². The molecule has 2 heterocycles. The average Bonchev–Trinajstić information content (AvgIpc) is 2.32. The van der Waals surface area contributed by atoms with E-state index in [4.69, 9.17) is 28.9 Å². The fourth-order valence-electron chi connectivity index (χ4n) is 4.28. The van der Waals surface area contributed by atoms with Gasteiger partial charge in [0.05, 0.1) is 0 Å². The molecule has 0 aliphatic carbocycles. The third-order valence-electron chi connectivity index (χ3n) is 4.73. The summed E-state index contributed by atoms with van der Waals surface area (Å²) < 4.78 is 0. The van der Waals surface area contributed by atoms with Crippen molar-refractivity contribution in [3.05, 3.63) is 10.6 Å². The van der Waals surface area contributed by atoms with Crippen molar-refractivity contribution in [2.75, 3.05) is 11.4 Å². The standard InChI is InChI=1S/C17H30Cl2N6/c1-15(2)9-11(10-16(3,4)24-15)25(17(5,6)7-8-20)14-22-12(18)21-13(19)23-14/h11,24H,7-10,20H2,1-6H3. The number of hydrogen-bond acceptors (Lipinski definition) is 6. The molecule has 1 aliphatic heterocycles. The second-order valence-electron chi connectivity index (χ2n) is 8.85. The van der Waals surface area contributed by atoms with Crippen LogP contribution in [0, 0.1) is 0 Å². The normalized spacial score (nSPS) is 20.5. The van der Waals surface area contributed by atoms with Crippen LogP contribution in [-0.2, 0) is 0 Å². The number of halogens is 2. The fourth-order valence-corrected chi connectivity index (χ4v) is 4.63. The highest BCUT2D eigenvalue weighted by molar-refractivity contribution is 6.31. The zero-order chi connectivity index (χ0) is 19.0. The largest absolute Gasteiger partial charge is 0.332 e. The van der Waals surface area contributed by atoms with Gasteiger partial charge in [-0.15, -0.1) is 0 Å². The van der Waals surface area contributed by atoms with Gasteiger partial charge in [0, 0.05) is 22.7 Å². The highest BCUT2D eigenvalue weighted by Crippen LogP contribution is 2.37. The first-order chi connectivity index (χ1) is 11.4. The van der Waals surface area contributed by atoms with E-state index in [0.717, 1.165) is 19.3 Å². The minimum absolute atomic E-state index is 0.00984. The van der Waals surface area contributed by atoms with Crippen LogP contribution in [0.3, 0.4) is 0 Å². The Kier molecular flexibility index (Phi) is 5.89. The van der Waals surface area contributed by atoms with Gasteiger partial charge in [0.1, 0.15) is 0 Å². The first-order valence-electron chi connectivity index (χ1n) is 8.71. The maximum atomic E-state index is 6.06. The Labute approximate surface area is 160 Å². The summed E-state index contributed by atoms with van der Waals surface area (Å²) in [7, 11) is 0. The summed E-state index contributed by atoms with van der Waals surface area (Å²) in [5.74, 6) is 0.516. The maximum Gasteiger partial charge on any atom is 0.231 e. The lowest BCUT2D eigenvalue weighted by Crippen LogP contribution is -2.65. The summed E-state index contributed by atoms with van der Waals surface area (Å²) in [6, 6.07) is 0.224. The monoisotopic (exact) mass is 388 g/mol. The van der Waals surface area contributed by atoms with E-state index >= 15 is 0 Å². The Hall–Kier alpha value is -0.690.